The van der Waals surface area contributed by atoms with Crippen LogP contribution in [0, 0.1) is 0 Å². The summed E-state index contributed by atoms with van der Waals surface area (Å²) in [5.41, 5.74) is 0. The molecule has 0 heterocycles. The number of aliphatic hydroxyl groups is 5. The van der Waals surface area contributed by atoms with Crippen LogP contribution in [-0.2, 0) is 27.9 Å². The first kappa shape index (κ1) is 62.1. The number of unbranched alkanes of at least 4 members (excludes halogenated alkanes) is 22. The molecule has 1 aliphatic rings. The first-order valence-electron chi connectivity index (χ1n) is 26.1. The molecule has 0 spiro atoms. The Hall–Kier alpha value is -1.96. The average molecular weight is 955 g/mol. The summed E-state index contributed by atoms with van der Waals surface area (Å²) in [7, 11) is -5.03. The Morgan fingerprint density at radius 3 is 1.32 bits per heavy atom. The molecule has 6 N–H and O–H groups in total. The molecule has 13 heteroatoms. The Morgan fingerprint density at radius 2 is 0.848 bits per heavy atom. The van der Waals surface area contributed by atoms with Crippen LogP contribution in [0.5, 0.6) is 0 Å². The SMILES string of the molecule is CCCCC/C=C\C/C=C\CCCCCCCCOCC(COP(=O)(O)OC1C(O)C(O)C(O)C(O)C1O)OC(=O)CCCCCCCCCC/C=C\C/C=C\C/C=C\CCCCCCC. The number of carbonyl (C=O) groups is 1. The normalized spacial score (nSPS) is 21.9. The van der Waals surface area contributed by atoms with Gasteiger partial charge in [-0.3, -0.25) is 13.8 Å². The maximum atomic E-state index is 12.9. The van der Waals surface area contributed by atoms with E-state index in [2.05, 4.69) is 74.6 Å². The van der Waals surface area contributed by atoms with E-state index in [0.717, 1.165) is 89.9 Å². The summed E-state index contributed by atoms with van der Waals surface area (Å²) in [4.78, 5) is 23.2. The molecule has 384 valence electrons. The molecule has 1 saturated carbocycles. The molecule has 66 heavy (non-hydrogen) atoms. The van der Waals surface area contributed by atoms with Gasteiger partial charge in [0.1, 0.15) is 42.7 Å². The van der Waals surface area contributed by atoms with Crippen LogP contribution in [0.25, 0.3) is 0 Å². The number of aliphatic hydroxyl groups excluding tert-OH is 5. The number of rotatable bonds is 44. The van der Waals surface area contributed by atoms with Gasteiger partial charge in [-0.05, 0) is 83.5 Å². The van der Waals surface area contributed by atoms with E-state index < -0.39 is 63.1 Å². The molecule has 0 bridgehead atoms. The molecule has 12 nitrogen and oxygen atoms in total. The Balaban J connectivity index is 2.35. The molecule has 0 aromatic heterocycles. The van der Waals surface area contributed by atoms with Crippen molar-refractivity contribution in [1.82, 2.24) is 0 Å². The summed E-state index contributed by atoms with van der Waals surface area (Å²) in [5, 5.41) is 50.3. The summed E-state index contributed by atoms with van der Waals surface area (Å²) in [6.45, 7) is 4.20. The third-order valence-corrected chi connectivity index (χ3v) is 12.8. The van der Waals surface area contributed by atoms with Gasteiger partial charge >= 0.3 is 13.8 Å². The van der Waals surface area contributed by atoms with Crippen LogP contribution in [0.3, 0.4) is 0 Å². The fraction of sp³-hybridized carbons (Fsp3) is 0.792. The lowest BCUT2D eigenvalue weighted by atomic mass is 9.85. The van der Waals surface area contributed by atoms with E-state index in [0.29, 0.717) is 13.0 Å². The maximum Gasteiger partial charge on any atom is 0.472 e. The number of hydrogen-bond donors (Lipinski definition) is 6. The van der Waals surface area contributed by atoms with Crippen LogP contribution in [0.4, 0.5) is 0 Å². The second kappa shape index (κ2) is 43.1. The standard InChI is InChI=1S/C53H95O12P/c1-3-5-7-9-11-13-15-17-19-21-22-23-24-25-26-27-28-30-32-34-36-38-40-42-47(54)64-46(45-63-66(60,61)65-53-51(58)49(56)48(55)50(57)52(53)59)44-62-43-41-39-37-35-33-31-29-20-18-16-14-12-10-8-6-4-2/h12,14-15,17-18,20-22,24-25,46,48-53,55-59H,3-11,13,16,19,23,26-45H2,1-2H3,(H,60,61)/b14-12-,17-15-,20-18-,22-21-,25-24-. The highest BCUT2D eigenvalue weighted by molar-refractivity contribution is 7.47. The van der Waals surface area contributed by atoms with E-state index in [4.69, 9.17) is 18.5 Å². The molecular formula is C53H95O12P. The van der Waals surface area contributed by atoms with Crippen LogP contribution < -0.4 is 0 Å². The molecule has 0 amide bonds. The van der Waals surface area contributed by atoms with Gasteiger partial charge in [-0.1, -0.05) is 177 Å². The molecule has 0 saturated heterocycles. The van der Waals surface area contributed by atoms with Crippen molar-refractivity contribution in [1.29, 1.82) is 0 Å². The zero-order valence-corrected chi connectivity index (χ0v) is 42.1. The van der Waals surface area contributed by atoms with Gasteiger partial charge in [0.05, 0.1) is 13.2 Å². The number of carbonyl (C=O) groups excluding carboxylic acids is 1. The fourth-order valence-electron chi connectivity index (χ4n) is 7.69. The Bertz CT molecular complexity index is 1320. The fourth-order valence-corrected chi connectivity index (χ4v) is 8.66. The topological polar surface area (TPSA) is 192 Å². The predicted octanol–water partition coefficient (Wildman–Crippen LogP) is 11.8. The monoisotopic (exact) mass is 955 g/mol. The zero-order chi connectivity index (χ0) is 48.4. The molecule has 1 aliphatic carbocycles. The smallest absolute Gasteiger partial charge is 0.457 e. The minimum atomic E-state index is -5.03. The molecule has 0 aromatic rings. The molecule has 6 unspecified atom stereocenters. The van der Waals surface area contributed by atoms with Crippen LogP contribution in [0.2, 0.25) is 0 Å². The average Bonchev–Trinajstić information content (AvgIpc) is 3.30. The Kier molecular flexibility index (Phi) is 40.5. The minimum Gasteiger partial charge on any atom is -0.457 e. The van der Waals surface area contributed by atoms with Gasteiger partial charge in [0.15, 0.2) is 0 Å². The van der Waals surface area contributed by atoms with Gasteiger partial charge in [-0.2, -0.15) is 0 Å². The summed E-state index contributed by atoms with van der Waals surface area (Å²) >= 11 is 0. The number of ether oxygens (including phenoxy) is 2. The van der Waals surface area contributed by atoms with Gasteiger partial charge in [-0.15, -0.1) is 0 Å². The molecule has 0 radical (unpaired) electrons. The lowest BCUT2D eigenvalue weighted by Gasteiger charge is -2.41. The lowest BCUT2D eigenvalue weighted by molar-refractivity contribution is -0.220. The van der Waals surface area contributed by atoms with Gasteiger partial charge in [-0.25, -0.2) is 4.57 Å². The first-order valence-corrected chi connectivity index (χ1v) is 27.6. The molecule has 1 rings (SSSR count). The summed E-state index contributed by atoms with van der Waals surface area (Å²) in [6.07, 6.45) is 42.8. The van der Waals surface area contributed by atoms with Crippen LogP contribution in [0.15, 0.2) is 60.8 Å². The second-order valence-electron chi connectivity index (χ2n) is 18.0. The molecule has 0 aliphatic heterocycles. The van der Waals surface area contributed by atoms with Crippen molar-refractivity contribution in [3.8, 4) is 0 Å². The Labute approximate surface area is 400 Å². The van der Waals surface area contributed by atoms with E-state index >= 15 is 0 Å². The summed E-state index contributed by atoms with van der Waals surface area (Å²) < 4.78 is 34.3. The van der Waals surface area contributed by atoms with Crippen molar-refractivity contribution in [3.05, 3.63) is 60.8 Å². The Morgan fingerprint density at radius 1 is 0.485 bits per heavy atom. The molecular weight excluding hydrogens is 860 g/mol. The van der Waals surface area contributed by atoms with Crippen LogP contribution >= 0.6 is 7.82 Å². The van der Waals surface area contributed by atoms with Gasteiger partial charge < -0.3 is 39.9 Å². The van der Waals surface area contributed by atoms with Crippen molar-refractivity contribution >= 4 is 13.8 Å². The second-order valence-corrected chi connectivity index (χ2v) is 19.4. The summed E-state index contributed by atoms with van der Waals surface area (Å²) in [6, 6.07) is 0. The highest BCUT2D eigenvalue weighted by Crippen LogP contribution is 2.47. The number of esters is 1. The number of allylic oxidation sites excluding steroid dienone is 10. The van der Waals surface area contributed by atoms with E-state index in [1.54, 1.807) is 0 Å². The van der Waals surface area contributed by atoms with Gasteiger partial charge in [0, 0.05) is 13.0 Å². The number of phosphoric ester groups is 1. The van der Waals surface area contributed by atoms with Crippen molar-refractivity contribution in [2.75, 3.05) is 19.8 Å². The molecule has 6 atom stereocenters. The van der Waals surface area contributed by atoms with Crippen molar-refractivity contribution in [2.24, 2.45) is 0 Å². The molecule has 1 fully saturated rings. The zero-order valence-electron chi connectivity index (χ0n) is 41.2. The lowest BCUT2D eigenvalue weighted by Crippen LogP contribution is -2.64. The largest absolute Gasteiger partial charge is 0.472 e. The van der Waals surface area contributed by atoms with E-state index in [1.165, 1.54) is 89.9 Å². The van der Waals surface area contributed by atoms with Gasteiger partial charge in [0.25, 0.3) is 0 Å². The number of hydrogen-bond acceptors (Lipinski definition) is 11. The van der Waals surface area contributed by atoms with E-state index in [9.17, 15) is 39.8 Å². The quantitative estimate of drug-likeness (QED) is 0.0147. The highest BCUT2D eigenvalue weighted by atomic mass is 31.2. The van der Waals surface area contributed by atoms with Crippen molar-refractivity contribution < 1.29 is 58.3 Å². The number of phosphoric acid groups is 1. The van der Waals surface area contributed by atoms with Crippen molar-refractivity contribution in [2.45, 2.75) is 249 Å². The third kappa shape index (κ3) is 34.3. The van der Waals surface area contributed by atoms with E-state index in [-0.39, 0.29) is 13.0 Å². The van der Waals surface area contributed by atoms with E-state index in [1.807, 2.05) is 0 Å². The molecule has 0 aromatic carbocycles. The van der Waals surface area contributed by atoms with Crippen LogP contribution in [-0.4, -0.2) is 98.9 Å². The maximum absolute atomic E-state index is 12.9. The third-order valence-electron chi connectivity index (χ3n) is 11.9. The van der Waals surface area contributed by atoms with Gasteiger partial charge in [0.2, 0.25) is 0 Å². The highest BCUT2D eigenvalue weighted by Gasteiger charge is 2.51. The minimum absolute atomic E-state index is 0.0889. The first-order chi connectivity index (χ1) is 32.0. The summed E-state index contributed by atoms with van der Waals surface area (Å²) in [5.74, 6) is -0.489. The van der Waals surface area contributed by atoms with Crippen molar-refractivity contribution in [3.63, 3.8) is 0 Å². The van der Waals surface area contributed by atoms with Crippen LogP contribution in [0.1, 0.15) is 206 Å². The predicted molar refractivity (Wildman–Crippen MR) is 267 cm³/mol.